The molecule has 0 saturated carbocycles. The molecule has 0 aromatic carbocycles. The van der Waals surface area contributed by atoms with E-state index in [-0.39, 0.29) is 17.1 Å². The zero-order valence-electron chi connectivity index (χ0n) is 19.6. The first-order valence-corrected chi connectivity index (χ1v) is 11.1. The van der Waals surface area contributed by atoms with E-state index in [1.807, 2.05) is 6.92 Å². The van der Waals surface area contributed by atoms with E-state index in [1.54, 1.807) is 13.1 Å². The Hall–Kier alpha value is -3.18. The molecule has 0 bridgehead atoms. The van der Waals surface area contributed by atoms with Crippen LogP contribution in [-0.2, 0) is 9.53 Å². The van der Waals surface area contributed by atoms with Crippen molar-refractivity contribution in [1.29, 1.82) is 0 Å². The quantitative estimate of drug-likeness (QED) is 0.281. The third kappa shape index (κ3) is 8.52. The fraction of sp³-hybridized carbons (Fsp3) is 0.391. The molecule has 190 valence electrons. The highest BCUT2D eigenvalue weighted by atomic mass is 35.5. The molecule has 0 unspecified atom stereocenters. The second-order valence-electron chi connectivity index (χ2n) is 7.44. The van der Waals surface area contributed by atoms with Gasteiger partial charge in [-0.1, -0.05) is 23.8 Å². The molecule has 1 aromatic rings. The first-order chi connectivity index (χ1) is 16.5. The van der Waals surface area contributed by atoms with Crippen molar-refractivity contribution in [1.82, 2.24) is 19.8 Å². The van der Waals surface area contributed by atoms with Gasteiger partial charge >= 0.3 is 12.2 Å². The number of hydrogen-bond acceptors (Lipinski definition) is 5. The Balaban J connectivity index is 2.28. The van der Waals surface area contributed by atoms with Crippen LogP contribution < -0.4 is 0 Å². The molecule has 3 amide bonds. The number of urea groups is 1. The second-order valence-corrected chi connectivity index (χ2v) is 7.85. The first-order valence-electron chi connectivity index (χ1n) is 10.7. The Kier molecular flexibility index (Phi) is 10.5. The highest BCUT2D eigenvalue weighted by Crippen LogP contribution is 2.30. The Labute approximate surface area is 207 Å². The summed E-state index contributed by atoms with van der Waals surface area (Å²) < 4.78 is 44.4. The number of rotatable bonds is 9. The van der Waals surface area contributed by atoms with Crippen molar-refractivity contribution < 1.29 is 27.5 Å². The van der Waals surface area contributed by atoms with E-state index in [2.05, 4.69) is 10.1 Å². The molecule has 2 rings (SSSR count). The topological polar surface area (TPSA) is 78.3 Å². The molecular formula is C23H27ClF3N5O3. The van der Waals surface area contributed by atoms with Crippen molar-refractivity contribution in [3.8, 4) is 0 Å². The molecule has 0 spiro atoms. The van der Waals surface area contributed by atoms with E-state index in [4.69, 9.17) is 16.3 Å². The first kappa shape index (κ1) is 28.1. The number of halogens is 4. The summed E-state index contributed by atoms with van der Waals surface area (Å²) in [5.74, 6) is -0.408. The molecule has 0 fully saturated rings. The molecule has 0 aliphatic heterocycles. The zero-order chi connectivity index (χ0) is 26.0. The van der Waals surface area contributed by atoms with Crippen LogP contribution in [0.2, 0.25) is 5.02 Å². The Morgan fingerprint density at radius 1 is 1.29 bits per heavy atom. The minimum atomic E-state index is -4.47. The number of ether oxygens (including phenoxy) is 1. The maximum atomic E-state index is 13.2. The lowest BCUT2D eigenvalue weighted by atomic mass is 10.2. The van der Waals surface area contributed by atoms with Crippen LogP contribution in [0.3, 0.4) is 0 Å². The van der Waals surface area contributed by atoms with Crippen molar-refractivity contribution >= 4 is 29.8 Å². The average molecular weight is 514 g/mol. The lowest BCUT2D eigenvalue weighted by Crippen LogP contribution is -2.44. The van der Waals surface area contributed by atoms with Gasteiger partial charge in [-0.15, -0.1) is 0 Å². The molecule has 0 atom stereocenters. The maximum Gasteiger partial charge on any atom is 0.412 e. The number of allylic oxidation sites excluding steroid dienone is 5. The van der Waals surface area contributed by atoms with Crippen molar-refractivity contribution in [3.05, 3.63) is 64.6 Å². The molecule has 1 aromatic heterocycles. The third-order valence-electron chi connectivity index (χ3n) is 4.97. The number of carbonyl (C=O) groups excluding carboxylic acids is 2. The summed E-state index contributed by atoms with van der Waals surface area (Å²) in [7, 11) is 2.95. The van der Waals surface area contributed by atoms with E-state index in [1.165, 1.54) is 48.8 Å². The van der Waals surface area contributed by atoms with Crippen molar-refractivity contribution in [2.24, 2.45) is 5.10 Å². The van der Waals surface area contributed by atoms with Crippen LogP contribution in [0, 0.1) is 0 Å². The average Bonchev–Trinajstić information content (AvgIpc) is 3.08. The molecule has 1 aliphatic rings. The lowest BCUT2D eigenvalue weighted by molar-refractivity contribution is -0.131. The van der Waals surface area contributed by atoms with Crippen LogP contribution in [0.1, 0.15) is 18.9 Å². The van der Waals surface area contributed by atoms with Crippen LogP contribution >= 0.6 is 11.6 Å². The van der Waals surface area contributed by atoms with Crippen molar-refractivity contribution in [2.45, 2.75) is 19.5 Å². The Morgan fingerprint density at radius 2 is 2.03 bits per heavy atom. The Morgan fingerprint density at radius 3 is 2.69 bits per heavy atom. The second kappa shape index (κ2) is 13.1. The summed E-state index contributed by atoms with van der Waals surface area (Å²) in [4.78, 5) is 32.4. The van der Waals surface area contributed by atoms with Crippen molar-refractivity contribution in [3.63, 3.8) is 0 Å². The van der Waals surface area contributed by atoms with Gasteiger partial charge in [0.25, 0.3) is 0 Å². The van der Waals surface area contributed by atoms with Gasteiger partial charge in [0.2, 0.25) is 5.91 Å². The number of likely N-dealkylation sites (N-methyl/N-ethyl adjacent to an activating group) is 2. The fourth-order valence-corrected chi connectivity index (χ4v) is 3.00. The minimum Gasteiger partial charge on any atom is -0.380 e. The molecule has 8 nitrogen and oxygen atoms in total. The minimum absolute atomic E-state index is 0.202. The van der Waals surface area contributed by atoms with Crippen LogP contribution in [0.5, 0.6) is 0 Å². The van der Waals surface area contributed by atoms with Crippen LogP contribution in [0.15, 0.2) is 59.1 Å². The van der Waals surface area contributed by atoms with Crippen LogP contribution in [0.25, 0.3) is 0 Å². The largest absolute Gasteiger partial charge is 0.412 e. The standard InChI is InChI=1S/C23H27ClF3N5O3/c1-4-35-13-12-30(2)21(33)16-32(29-14-17-10-11-28-15-20(17)24)22(34)31(3)19-7-5-6-18(8-9-19)23(25,26)27/h5,7-11,14-15H,4,6,12-13,16H2,1-3H3/b29-14+. The molecule has 0 radical (unpaired) electrons. The molecule has 0 N–H and O–H groups in total. The molecule has 1 heterocycles. The SMILES string of the molecule is CCOCCN(C)C(=O)CN(/N=C/c1ccncc1Cl)C(=O)N(C)C1=CC=C(C(F)(F)F)CC=C1. The van der Waals surface area contributed by atoms with Gasteiger partial charge in [0.05, 0.1) is 17.8 Å². The van der Waals surface area contributed by atoms with E-state index in [9.17, 15) is 22.8 Å². The number of alkyl halides is 3. The summed E-state index contributed by atoms with van der Waals surface area (Å²) in [5.41, 5.74) is -0.0722. The number of amides is 3. The van der Waals surface area contributed by atoms with Gasteiger partial charge in [-0.3, -0.25) is 14.7 Å². The molecule has 1 aliphatic carbocycles. The van der Waals surface area contributed by atoms with E-state index in [0.717, 1.165) is 16.0 Å². The number of aromatic nitrogens is 1. The number of carbonyl (C=O) groups is 2. The fourth-order valence-electron chi connectivity index (χ4n) is 2.83. The number of hydrazone groups is 1. The monoisotopic (exact) mass is 513 g/mol. The van der Waals surface area contributed by atoms with Crippen molar-refractivity contribution in [2.75, 3.05) is 40.4 Å². The van der Waals surface area contributed by atoms with Gasteiger partial charge in [0, 0.05) is 56.5 Å². The Bertz CT molecular complexity index is 1020. The third-order valence-corrected chi connectivity index (χ3v) is 5.28. The van der Waals surface area contributed by atoms with Crippen LogP contribution in [0.4, 0.5) is 18.0 Å². The number of pyridine rings is 1. The number of nitrogens with zero attached hydrogens (tertiary/aromatic N) is 5. The lowest BCUT2D eigenvalue weighted by Gasteiger charge is -2.26. The maximum absolute atomic E-state index is 13.2. The molecule has 35 heavy (non-hydrogen) atoms. The van der Waals surface area contributed by atoms with Gasteiger partial charge in [-0.2, -0.15) is 18.3 Å². The summed E-state index contributed by atoms with van der Waals surface area (Å²) in [6.07, 6.45) is 4.25. The molecule has 12 heteroatoms. The van der Waals surface area contributed by atoms with Gasteiger partial charge in [0.15, 0.2) is 0 Å². The zero-order valence-corrected chi connectivity index (χ0v) is 20.4. The summed E-state index contributed by atoms with van der Waals surface area (Å²) in [6, 6.07) is 0.853. The smallest absolute Gasteiger partial charge is 0.380 e. The van der Waals surface area contributed by atoms with E-state index < -0.39 is 30.2 Å². The molecule has 0 saturated heterocycles. The summed E-state index contributed by atoms with van der Waals surface area (Å²) in [6.45, 7) is 2.56. The predicted octanol–water partition coefficient (Wildman–Crippen LogP) is 4.25. The summed E-state index contributed by atoms with van der Waals surface area (Å²) >= 11 is 6.09. The predicted molar refractivity (Wildman–Crippen MR) is 127 cm³/mol. The molecular weight excluding hydrogens is 487 g/mol. The highest BCUT2D eigenvalue weighted by Gasteiger charge is 2.33. The van der Waals surface area contributed by atoms with Gasteiger partial charge in [-0.05, 0) is 31.6 Å². The van der Waals surface area contributed by atoms with Crippen LogP contribution in [-0.4, -0.2) is 84.5 Å². The summed E-state index contributed by atoms with van der Waals surface area (Å²) in [5, 5.41) is 5.36. The number of hydrogen-bond donors (Lipinski definition) is 0. The van der Waals surface area contributed by atoms with Gasteiger partial charge < -0.3 is 9.64 Å². The van der Waals surface area contributed by atoms with Gasteiger partial charge in [-0.25, -0.2) is 9.80 Å². The normalized spacial score (nSPS) is 13.8. The van der Waals surface area contributed by atoms with E-state index in [0.29, 0.717) is 25.3 Å². The van der Waals surface area contributed by atoms with E-state index >= 15 is 0 Å². The highest BCUT2D eigenvalue weighted by molar-refractivity contribution is 6.32. The van der Waals surface area contributed by atoms with Gasteiger partial charge in [0.1, 0.15) is 6.54 Å².